The van der Waals surface area contributed by atoms with Crippen LogP contribution in [0.3, 0.4) is 0 Å². The van der Waals surface area contributed by atoms with Gasteiger partial charge < -0.3 is 20.3 Å². The Morgan fingerprint density at radius 3 is 2.30 bits per heavy atom. The van der Waals surface area contributed by atoms with Crippen molar-refractivity contribution in [3.8, 4) is 0 Å². The molecule has 2 atom stereocenters. The average Bonchev–Trinajstić information content (AvgIpc) is 3.06. The first-order valence-corrected chi connectivity index (χ1v) is 16.3. The fourth-order valence-electron chi connectivity index (χ4n) is 5.20. The van der Waals surface area contributed by atoms with Crippen molar-refractivity contribution in [3.05, 3.63) is 120 Å². The largest absolute Gasteiger partial charge is 0.378 e. The molecule has 2 N–H and O–H groups in total. The van der Waals surface area contributed by atoms with Gasteiger partial charge in [0.1, 0.15) is 6.04 Å². The Hall–Kier alpha value is -4.47. The zero-order valence-electron chi connectivity index (χ0n) is 24.7. The van der Waals surface area contributed by atoms with Crippen molar-refractivity contribution in [1.29, 1.82) is 0 Å². The van der Waals surface area contributed by atoms with E-state index in [9.17, 15) is 18.0 Å². The van der Waals surface area contributed by atoms with Crippen molar-refractivity contribution in [2.75, 3.05) is 31.6 Å². The van der Waals surface area contributed by atoms with Crippen molar-refractivity contribution in [1.82, 2.24) is 10.2 Å². The van der Waals surface area contributed by atoms with Crippen LogP contribution in [0.2, 0.25) is 0 Å². The molecule has 228 valence electrons. The van der Waals surface area contributed by atoms with Crippen molar-refractivity contribution in [3.63, 3.8) is 0 Å². The molecule has 8 nitrogen and oxygen atoms in total. The number of hydrogen-bond acceptors (Lipinski definition) is 6. The number of rotatable bonds is 11. The van der Waals surface area contributed by atoms with Crippen molar-refractivity contribution in [2.24, 2.45) is 0 Å². The van der Waals surface area contributed by atoms with Gasteiger partial charge in [0.25, 0.3) is 5.91 Å². The molecule has 5 rings (SSSR count). The van der Waals surface area contributed by atoms with E-state index >= 15 is 0 Å². The maximum absolute atomic E-state index is 13.5. The quantitative estimate of drug-likeness (QED) is 0.241. The number of carbonyl (C=O) groups excluding carboxylic acids is 2. The first kappa shape index (κ1) is 31.0. The summed E-state index contributed by atoms with van der Waals surface area (Å²) in [5.74, 6) is -0.366. The molecule has 0 aromatic heterocycles. The number of hydrogen-bond donors (Lipinski definition) is 2. The highest BCUT2D eigenvalue weighted by atomic mass is 32.2. The number of sulfone groups is 1. The lowest BCUT2D eigenvalue weighted by Crippen LogP contribution is -2.43. The molecular formula is C35H37N3O5S. The third-order valence-electron chi connectivity index (χ3n) is 7.64. The summed E-state index contributed by atoms with van der Waals surface area (Å²) in [4.78, 5) is 28.9. The second-order valence-electron chi connectivity index (χ2n) is 10.8. The van der Waals surface area contributed by atoms with Gasteiger partial charge in [-0.15, -0.1) is 0 Å². The van der Waals surface area contributed by atoms with Crippen LogP contribution in [0.15, 0.2) is 113 Å². The molecule has 0 aliphatic carbocycles. The summed E-state index contributed by atoms with van der Waals surface area (Å²) in [6.07, 6.45) is 2.71. The number of morpholine rings is 1. The van der Waals surface area contributed by atoms with Crippen LogP contribution in [0.5, 0.6) is 0 Å². The monoisotopic (exact) mass is 611 g/mol. The topological polar surface area (TPSA) is 105 Å². The Balaban J connectivity index is 1.33. The summed E-state index contributed by atoms with van der Waals surface area (Å²) < 4.78 is 31.3. The molecule has 4 aromatic carbocycles. The standard InChI is InChI=1S/C35H37N3O5S/c1-26(36-30-24-28-12-8-9-15-32(28)33(25-30)35(40)38-19-21-43-22-20-38)34(39)37-29(17-16-27-10-4-2-5-11-27)18-23-44(41,42)31-13-6-3-7-14-31/h2-15,18,23-26,29,36H,16-17,19-22H2,1H3,(H,37,39)/b23-18+/t26-,29-/m0/s1. The normalized spacial score (nSPS) is 15.2. The van der Waals surface area contributed by atoms with Crippen LogP contribution in [0.4, 0.5) is 5.69 Å². The summed E-state index contributed by atoms with van der Waals surface area (Å²) in [7, 11) is -3.68. The fraction of sp³-hybridized carbons (Fsp3) is 0.257. The number of nitrogens with one attached hydrogen (secondary N) is 2. The van der Waals surface area contributed by atoms with Crippen molar-refractivity contribution < 1.29 is 22.7 Å². The van der Waals surface area contributed by atoms with Crippen LogP contribution in [0, 0.1) is 0 Å². The highest BCUT2D eigenvalue weighted by Crippen LogP contribution is 2.26. The second kappa shape index (κ2) is 14.3. The number of amides is 2. The van der Waals surface area contributed by atoms with E-state index < -0.39 is 21.9 Å². The molecule has 1 saturated heterocycles. The van der Waals surface area contributed by atoms with Gasteiger partial charge >= 0.3 is 0 Å². The van der Waals surface area contributed by atoms with Crippen LogP contribution < -0.4 is 10.6 Å². The van der Waals surface area contributed by atoms with Gasteiger partial charge in [0, 0.05) is 35.8 Å². The van der Waals surface area contributed by atoms with Crippen LogP contribution in [0.25, 0.3) is 10.8 Å². The Bertz CT molecular complexity index is 1720. The maximum atomic E-state index is 13.5. The van der Waals surface area contributed by atoms with Crippen LogP contribution in [-0.4, -0.2) is 63.5 Å². The minimum atomic E-state index is -3.68. The SMILES string of the molecule is C[C@H](Nc1cc(C(=O)N2CCOCC2)c2ccccc2c1)C(=O)N[C@H](/C=C/S(=O)(=O)c1ccccc1)CCc1ccccc1. The summed E-state index contributed by atoms with van der Waals surface area (Å²) in [5.41, 5.74) is 2.30. The highest BCUT2D eigenvalue weighted by molar-refractivity contribution is 7.94. The first-order valence-electron chi connectivity index (χ1n) is 14.8. The third kappa shape index (κ3) is 7.92. The zero-order valence-corrected chi connectivity index (χ0v) is 25.5. The van der Waals surface area contributed by atoms with Gasteiger partial charge in [0.2, 0.25) is 5.91 Å². The zero-order chi connectivity index (χ0) is 30.9. The lowest BCUT2D eigenvalue weighted by atomic mass is 10.0. The fourth-order valence-corrected chi connectivity index (χ4v) is 6.29. The van der Waals surface area contributed by atoms with E-state index in [0.29, 0.717) is 50.4 Å². The minimum Gasteiger partial charge on any atom is -0.378 e. The molecule has 0 unspecified atom stereocenters. The number of aryl methyl sites for hydroxylation is 1. The van der Waals surface area contributed by atoms with E-state index in [-0.39, 0.29) is 16.7 Å². The van der Waals surface area contributed by atoms with Gasteiger partial charge in [0.05, 0.1) is 18.1 Å². The Labute approximate surface area is 258 Å². The first-order chi connectivity index (χ1) is 21.3. The van der Waals surface area contributed by atoms with Gasteiger partial charge in [-0.1, -0.05) is 78.9 Å². The molecular weight excluding hydrogens is 574 g/mol. The highest BCUT2D eigenvalue weighted by Gasteiger charge is 2.23. The van der Waals surface area contributed by atoms with Crippen molar-refractivity contribution >= 4 is 38.1 Å². The van der Waals surface area contributed by atoms with E-state index in [1.165, 1.54) is 5.41 Å². The Morgan fingerprint density at radius 1 is 0.909 bits per heavy atom. The molecule has 2 amide bonds. The minimum absolute atomic E-state index is 0.0732. The van der Waals surface area contributed by atoms with E-state index in [1.807, 2.05) is 60.7 Å². The van der Waals surface area contributed by atoms with Gasteiger partial charge in [0.15, 0.2) is 9.84 Å². The van der Waals surface area contributed by atoms with Gasteiger partial charge in [-0.25, -0.2) is 8.42 Å². The van der Waals surface area contributed by atoms with E-state index in [0.717, 1.165) is 16.3 Å². The smallest absolute Gasteiger partial charge is 0.254 e. The molecule has 1 aliphatic rings. The molecule has 1 aliphatic heterocycles. The Kier molecular flexibility index (Phi) is 10.1. The summed E-state index contributed by atoms with van der Waals surface area (Å²) in [6, 6.07) is 28.3. The predicted octanol–water partition coefficient (Wildman–Crippen LogP) is 5.22. The lowest BCUT2D eigenvalue weighted by Gasteiger charge is -2.27. The van der Waals surface area contributed by atoms with Gasteiger partial charge in [-0.05, 0) is 60.4 Å². The summed E-state index contributed by atoms with van der Waals surface area (Å²) in [5, 5.41) is 9.18. The molecule has 0 bridgehead atoms. The molecule has 0 saturated carbocycles. The molecule has 44 heavy (non-hydrogen) atoms. The number of nitrogens with zero attached hydrogens (tertiary/aromatic N) is 1. The number of carbonyl (C=O) groups is 2. The Morgan fingerprint density at radius 2 is 1.57 bits per heavy atom. The average molecular weight is 612 g/mol. The lowest BCUT2D eigenvalue weighted by molar-refractivity contribution is -0.121. The van der Waals surface area contributed by atoms with Crippen LogP contribution >= 0.6 is 0 Å². The number of ether oxygens (including phenoxy) is 1. The predicted molar refractivity (Wildman–Crippen MR) is 173 cm³/mol. The molecule has 1 fully saturated rings. The van der Waals surface area contributed by atoms with Crippen LogP contribution in [0.1, 0.15) is 29.3 Å². The summed E-state index contributed by atoms with van der Waals surface area (Å²) in [6.45, 7) is 3.81. The molecule has 0 spiro atoms. The maximum Gasteiger partial charge on any atom is 0.254 e. The van der Waals surface area contributed by atoms with Gasteiger partial charge in [-0.3, -0.25) is 9.59 Å². The van der Waals surface area contributed by atoms with E-state index in [2.05, 4.69) is 10.6 Å². The third-order valence-corrected chi connectivity index (χ3v) is 9.09. The number of benzene rings is 4. The molecule has 9 heteroatoms. The second-order valence-corrected chi connectivity index (χ2v) is 12.7. The molecule has 1 heterocycles. The number of fused-ring (bicyclic) bond motifs is 1. The number of anilines is 1. The van der Waals surface area contributed by atoms with Gasteiger partial charge in [-0.2, -0.15) is 0 Å². The summed E-state index contributed by atoms with van der Waals surface area (Å²) >= 11 is 0. The molecule has 4 aromatic rings. The molecule has 0 radical (unpaired) electrons. The van der Waals surface area contributed by atoms with E-state index in [1.54, 1.807) is 54.3 Å². The van der Waals surface area contributed by atoms with E-state index in [4.69, 9.17) is 4.74 Å². The van der Waals surface area contributed by atoms with Crippen molar-refractivity contribution in [2.45, 2.75) is 36.7 Å². The van der Waals surface area contributed by atoms with Crippen LogP contribution in [-0.2, 0) is 25.8 Å².